The number of benzene rings is 2. The van der Waals surface area contributed by atoms with E-state index in [2.05, 4.69) is 5.32 Å². The summed E-state index contributed by atoms with van der Waals surface area (Å²) in [6, 6.07) is 13.7. The van der Waals surface area contributed by atoms with Crippen molar-refractivity contribution in [2.45, 2.75) is 6.92 Å². The number of phenolic OH excluding ortho intramolecular Hbond substituents is 1. The van der Waals surface area contributed by atoms with Crippen LogP contribution in [0.3, 0.4) is 0 Å². The largest absolute Gasteiger partial charge is 0.507 e. The van der Waals surface area contributed by atoms with Crippen molar-refractivity contribution < 1.29 is 14.7 Å². The third-order valence-electron chi connectivity index (χ3n) is 3.50. The number of nitrogens with one attached hydrogen (secondary N) is 1. The molecule has 2 N–H and O–H groups in total. The molecule has 0 saturated heterocycles. The number of anilines is 1. The maximum Gasteiger partial charge on any atom is 0.214 e. The Morgan fingerprint density at radius 2 is 1.62 bits per heavy atom. The van der Waals surface area contributed by atoms with Gasteiger partial charge in [-0.25, -0.2) is 0 Å². The van der Waals surface area contributed by atoms with Gasteiger partial charge in [0.2, 0.25) is 5.78 Å². The first-order valence-electron chi connectivity index (χ1n) is 6.54. The van der Waals surface area contributed by atoms with Crippen LogP contribution in [0.4, 0.5) is 5.69 Å². The smallest absolute Gasteiger partial charge is 0.214 e. The topological polar surface area (TPSA) is 66.4 Å². The molecule has 0 unspecified atom stereocenters. The van der Waals surface area contributed by atoms with Crippen molar-refractivity contribution in [3.05, 3.63) is 70.9 Å². The third kappa shape index (κ3) is 2.10. The first-order chi connectivity index (χ1) is 10.1. The van der Waals surface area contributed by atoms with Crippen LogP contribution in [0.1, 0.15) is 27.6 Å². The van der Waals surface area contributed by atoms with Gasteiger partial charge in [-0.1, -0.05) is 30.3 Å². The Hall–Kier alpha value is -2.88. The van der Waals surface area contributed by atoms with E-state index in [1.54, 1.807) is 31.2 Å². The number of Topliss-reactive ketones (excluding diaryl/α,β-unsaturated/α-hetero) is 2. The van der Waals surface area contributed by atoms with Crippen molar-refractivity contribution in [1.29, 1.82) is 0 Å². The number of hydrogen-bond donors (Lipinski definition) is 2. The molecular weight excluding hydrogens is 266 g/mol. The van der Waals surface area contributed by atoms with E-state index in [9.17, 15) is 14.7 Å². The molecule has 4 heteroatoms. The van der Waals surface area contributed by atoms with E-state index >= 15 is 0 Å². The molecule has 1 aliphatic rings. The summed E-state index contributed by atoms with van der Waals surface area (Å²) < 4.78 is 0. The number of rotatable bonds is 2. The zero-order chi connectivity index (χ0) is 15.0. The van der Waals surface area contributed by atoms with Crippen LogP contribution >= 0.6 is 0 Å². The van der Waals surface area contributed by atoms with Crippen LogP contribution in [-0.4, -0.2) is 16.7 Å². The SMILES string of the molecule is CC1=C(Nc2ccccc2)C(=O)c2c(O)cccc2C1=O. The molecule has 0 fully saturated rings. The summed E-state index contributed by atoms with van der Waals surface area (Å²) in [5, 5.41) is 12.9. The number of ketones is 2. The molecular formula is C17H13NO3. The number of allylic oxidation sites excluding steroid dienone is 2. The minimum atomic E-state index is -0.371. The second-order valence-corrected chi connectivity index (χ2v) is 4.85. The molecule has 0 heterocycles. The van der Waals surface area contributed by atoms with Gasteiger partial charge in [-0.05, 0) is 25.1 Å². The van der Waals surface area contributed by atoms with E-state index < -0.39 is 0 Å². The van der Waals surface area contributed by atoms with Crippen LogP contribution in [0.25, 0.3) is 0 Å². The molecule has 21 heavy (non-hydrogen) atoms. The van der Waals surface area contributed by atoms with Crippen LogP contribution in [0.5, 0.6) is 5.75 Å². The molecule has 0 amide bonds. The lowest BCUT2D eigenvalue weighted by atomic mass is 9.87. The fourth-order valence-corrected chi connectivity index (χ4v) is 2.40. The fourth-order valence-electron chi connectivity index (χ4n) is 2.40. The molecule has 0 spiro atoms. The Bertz CT molecular complexity index is 776. The van der Waals surface area contributed by atoms with Crippen LogP contribution in [-0.2, 0) is 0 Å². The number of carbonyl (C=O) groups is 2. The molecule has 0 radical (unpaired) electrons. The molecule has 2 aromatic rings. The molecule has 0 atom stereocenters. The second kappa shape index (κ2) is 4.90. The predicted molar refractivity (Wildman–Crippen MR) is 79.5 cm³/mol. The molecule has 0 bridgehead atoms. The van der Waals surface area contributed by atoms with Gasteiger partial charge in [-0.2, -0.15) is 0 Å². The first kappa shape index (κ1) is 13.1. The van der Waals surface area contributed by atoms with Crippen LogP contribution < -0.4 is 5.32 Å². The highest BCUT2D eigenvalue weighted by Gasteiger charge is 2.32. The van der Waals surface area contributed by atoms with Gasteiger partial charge in [0, 0.05) is 16.8 Å². The number of hydrogen-bond acceptors (Lipinski definition) is 4. The monoisotopic (exact) mass is 279 g/mol. The maximum atomic E-state index is 12.6. The predicted octanol–water partition coefficient (Wildman–Crippen LogP) is 3.16. The van der Waals surface area contributed by atoms with Crippen LogP contribution in [0.2, 0.25) is 0 Å². The fraction of sp³-hybridized carbons (Fsp3) is 0.0588. The summed E-state index contributed by atoms with van der Waals surface area (Å²) in [6.07, 6.45) is 0. The van der Waals surface area contributed by atoms with E-state index in [4.69, 9.17) is 0 Å². The Morgan fingerprint density at radius 1 is 0.905 bits per heavy atom. The zero-order valence-corrected chi connectivity index (χ0v) is 11.4. The highest BCUT2D eigenvalue weighted by Crippen LogP contribution is 2.32. The number of fused-ring (bicyclic) bond motifs is 1. The first-order valence-corrected chi connectivity index (χ1v) is 6.54. The molecule has 104 valence electrons. The van der Waals surface area contributed by atoms with Crippen molar-refractivity contribution in [3.8, 4) is 5.75 Å². The van der Waals surface area contributed by atoms with E-state index in [1.807, 2.05) is 18.2 Å². The summed E-state index contributed by atoms with van der Waals surface area (Å²) >= 11 is 0. The normalized spacial score (nSPS) is 14.1. The average Bonchev–Trinajstić information content (AvgIpc) is 2.50. The Morgan fingerprint density at radius 3 is 2.33 bits per heavy atom. The molecule has 0 aromatic heterocycles. The highest BCUT2D eigenvalue weighted by molar-refractivity contribution is 6.28. The second-order valence-electron chi connectivity index (χ2n) is 4.85. The van der Waals surface area contributed by atoms with Gasteiger partial charge in [0.25, 0.3) is 0 Å². The van der Waals surface area contributed by atoms with Crippen molar-refractivity contribution in [2.24, 2.45) is 0 Å². The van der Waals surface area contributed by atoms with Gasteiger partial charge in [0.05, 0.1) is 11.3 Å². The third-order valence-corrected chi connectivity index (χ3v) is 3.50. The van der Waals surface area contributed by atoms with Crippen LogP contribution in [0.15, 0.2) is 59.8 Å². The summed E-state index contributed by atoms with van der Waals surface area (Å²) in [7, 11) is 0. The number of carbonyl (C=O) groups excluding carboxylic acids is 2. The number of phenols is 1. The molecule has 4 nitrogen and oxygen atoms in total. The molecule has 1 aliphatic carbocycles. The van der Waals surface area contributed by atoms with Gasteiger partial charge >= 0.3 is 0 Å². The summed E-state index contributed by atoms with van der Waals surface area (Å²) in [5.41, 5.74) is 1.58. The summed E-state index contributed by atoms with van der Waals surface area (Å²) in [5.74, 6) is -0.798. The van der Waals surface area contributed by atoms with Crippen molar-refractivity contribution in [2.75, 3.05) is 5.32 Å². The van der Waals surface area contributed by atoms with Gasteiger partial charge in [0.1, 0.15) is 5.75 Å². The van der Waals surface area contributed by atoms with Gasteiger partial charge in [-0.3, -0.25) is 9.59 Å². The van der Waals surface area contributed by atoms with Crippen LogP contribution in [0, 0.1) is 0 Å². The van der Waals surface area contributed by atoms with Gasteiger partial charge in [0.15, 0.2) is 5.78 Å². The van der Waals surface area contributed by atoms with E-state index in [0.717, 1.165) is 0 Å². The van der Waals surface area contributed by atoms with Gasteiger partial charge < -0.3 is 10.4 Å². The zero-order valence-electron chi connectivity index (χ0n) is 11.4. The van der Waals surface area contributed by atoms with E-state index in [0.29, 0.717) is 11.3 Å². The van der Waals surface area contributed by atoms with Crippen molar-refractivity contribution >= 4 is 17.3 Å². The maximum absolute atomic E-state index is 12.6. The van der Waals surface area contributed by atoms with Crippen molar-refractivity contribution in [1.82, 2.24) is 0 Å². The van der Waals surface area contributed by atoms with E-state index in [-0.39, 0.29) is 34.1 Å². The minimum absolute atomic E-state index is 0.0616. The Labute approximate surface area is 121 Å². The lowest BCUT2D eigenvalue weighted by Gasteiger charge is -2.20. The number of aromatic hydroxyl groups is 1. The molecule has 3 rings (SSSR count). The highest BCUT2D eigenvalue weighted by atomic mass is 16.3. The lowest BCUT2D eigenvalue weighted by Crippen LogP contribution is -2.25. The summed E-state index contributed by atoms with van der Waals surface area (Å²) in [4.78, 5) is 24.9. The van der Waals surface area contributed by atoms with Gasteiger partial charge in [-0.15, -0.1) is 0 Å². The molecule has 0 aliphatic heterocycles. The summed E-state index contributed by atoms with van der Waals surface area (Å²) in [6.45, 7) is 1.61. The number of para-hydroxylation sites is 1. The Balaban J connectivity index is 2.10. The molecule has 0 saturated carbocycles. The van der Waals surface area contributed by atoms with E-state index in [1.165, 1.54) is 6.07 Å². The standard InChI is InChI=1S/C17H13NO3/c1-10-15(18-11-6-3-2-4-7-11)17(21)14-12(16(10)20)8-5-9-13(14)19/h2-9,18-19H,1H3. The van der Waals surface area contributed by atoms with Crippen molar-refractivity contribution in [3.63, 3.8) is 0 Å². The molecule has 2 aromatic carbocycles. The average molecular weight is 279 g/mol. The minimum Gasteiger partial charge on any atom is -0.507 e. The lowest BCUT2D eigenvalue weighted by molar-refractivity contribution is 0.0973. The Kier molecular flexibility index (Phi) is 3.06. The quantitative estimate of drug-likeness (QED) is 0.886.